The molecule has 0 aromatic heterocycles. The van der Waals surface area contributed by atoms with Crippen LogP contribution in [0, 0.1) is 11.6 Å². The zero-order chi connectivity index (χ0) is 17.9. The molecule has 0 radical (unpaired) electrons. The average molecular weight is 347 g/mol. The Balaban J connectivity index is 1.58. The number of benzene rings is 2. The molecule has 0 unspecified atom stereocenters. The number of hydrogen-bond acceptors (Lipinski definition) is 3. The third kappa shape index (κ3) is 4.33. The van der Waals surface area contributed by atoms with Gasteiger partial charge in [-0.3, -0.25) is 4.79 Å². The van der Waals surface area contributed by atoms with Crippen LogP contribution in [0.25, 0.3) is 0 Å². The fourth-order valence-corrected chi connectivity index (χ4v) is 2.86. The van der Waals surface area contributed by atoms with Crippen molar-refractivity contribution in [3.8, 4) is 5.75 Å². The van der Waals surface area contributed by atoms with Crippen molar-refractivity contribution < 1.29 is 23.4 Å². The lowest BCUT2D eigenvalue weighted by molar-refractivity contribution is -0.0475. The molecule has 25 heavy (non-hydrogen) atoms. The Morgan fingerprint density at radius 3 is 2.28 bits per heavy atom. The van der Waals surface area contributed by atoms with Crippen LogP contribution < -0.4 is 4.74 Å². The Labute approximate surface area is 144 Å². The third-order valence-corrected chi connectivity index (χ3v) is 4.34. The summed E-state index contributed by atoms with van der Waals surface area (Å²) in [4.78, 5) is 13.9. The monoisotopic (exact) mass is 347 g/mol. The van der Waals surface area contributed by atoms with Crippen LogP contribution in [0.1, 0.15) is 23.2 Å². The minimum absolute atomic E-state index is 0.0246. The van der Waals surface area contributed by atoms with E-state index < -0.39 is 23.1 Å². The smallest absolute Gasteiger partial charge is 0.254 e. The maximum absolute atomic E-state index is 13.3. The quantitative estimate of drug-likeness (QED) is 0.925. The number of carbonyl (C=O) groups is 1. The number of ether oxygens (including phenoxy) is 1. The number of aliphatic hydroxyl groups is 1. The van der Waals surface area contributed by atoms with Gasteiger partial charge < -0.3 is 14.7 Å². The lowest BCUT2D eigenvalue weighted by Crippen LogP contribution is -2.49. The van der Waals surface area contributed by atoms with E-state index in [1.807, 2.05) is 18.2 Å². The molecule has 0 aliphatic carbocycles. The molecule has 1 heterocycles. The second-order valence-corrected chi connectivity index (χ2v) is 6.28. The molecule has 1 fully saturated rings. The van der Waals surface area contributed by atoms with Gasteiger partial charge in [-0.15, -0.1) is 0 Å². The van der Waals surface area contributed by atoms with E-state index in [2.05, 4.69) is 0 Å². The molecule has 0 bridgehead atoms. The second-order valence-electron chi connectivity index (χ2n) is 6.28. The fraction of sp³-hybridized carbons (Fsp3) is 0.316. The summed E-state index contributed by atoms with van der Waals surface area (Å²) in [5, 5.41) is 10.6. The van der Waals surface area contributed by atoms with Gasteiger partial charge in [0.25, 0.3) is 5.91 Å². The number of piperidine rings is 1. The van der Waals surface area contributed by atoms with E-state index in [0.29, 0.717) is 31.7 Å². The summed E-state index contributed by atoms with van der Waals surface area (Å²) in [6.07, 6.45) is 0.673. The van der Waals surface area contributed by atoms with Crippen molar-refractivity contribution in [1.82, 2.24) is 4.90 Å². The molecule has 3 rings (SSSR count). The van der Waals surface area contributed by atoms with Gasteiger partial charge in [-0.1, -0.05) is 18.2 Å². The molecule has 132 valence electrons. The predicted octanol–water partition coefficient (Wildman–Crippen LogP) is 3.01. The minimum Gasteiger partial charge on any atom is -0.491 e. The molecule has 1 N–H and O–H groups in total. The molecule has 6 heteroatoms. The lowest BCUT2D eigenvalue weighted by atomic mass is 9.92. The maximum Gasteiger partial charge on any atom is 0.254 e. The number of carbonyl (C=O) groups excluding carboxylic acids is 1. The first kappa shape index (κ1) is 17.4. The first-order valence-electron chi connectivity index (χ1n) is 8.11. The van der Waals surface area contributed by atoms with E-state index in [4.69, 9.17) is 4.74 Å². The molecule has 2 aromatic carbocycles. The molecule has 0 atom stereocenters. The lowest BCUT2D eigenvalue weighted by Gasteiger charge is -2.38. The number of likely N-dealkylation sites (tertiary alicyclic amines) is 1. The molecule has 1 aliphatic rings. The number of halogens is 2. The Morgan fingerprint density at radius 2 is 1.68 bits per heavy atom. The highest BCUT2D eigenvalue weighted by Crippen LogP contribution is 2.25. The summed E-state index contributed by atoms with van der Waals surface area (Å²) >= 11 is 0. The number of amides is 1. The summed E-state index contributed by atoms with van der Waals surface area (Å²) < 4.78 is 32.2. The molecule has 4 nitrogen and oxygen atoms in total. The Hall–Kier alpha value is -2.47. The van der Waals surface area contributed by atoms with Crippen molar-refractivity contribution in [2.75, 3.05) is 19.7 Å². The summed E-state index contributed by atoms with van der Waals surface area (Å²) in [5.41, 5.74) is -1.05. The van der Waals surface area contributed by atoms with Crippen LogP contribution in [0.5, 0.6) is 5.75 Å². The molecule has 0 spiro atoms. The van der Waals surface area contributed by atoms with Crippen molar-refractivity contribution >= 4 is 5.91 Å². The van der Waals surface area contributed by atoms with Crippen molar-refractivity contribution in [1.29, 1.82) is 0 Å². The molecule has 1 saturated heterocycles. The van der Waals surface area contributed by atoms with Crippen molar-refractivity contribution in [3.63, 3.8) is 0 Å². The van der Waals surface area contributed by atoms with E-state index >= 15 is 0 Å². The first-order valence-corrected chi connectivity index (χ1v) is 8.11. The van der Waals surface area contributed by atoms with Crippen molar-refractivity contribution in [3.05, 3.63) is 65.7 Å². The number of nitrogens with zero attached hydrogens (tertiary/aromatic N) is 1. The van der Waals surface area contributed by atoms with E-state index in [1.54, 1.807) is 12.1 Å². The van der Waals surface area contributed by atoms with Crippen LogP contribution in [0.2, 0.25) is 0 Å². The Kier molecular flexibility index (Phi) is 4.99. The molecular formula is C19H19F2NO3. The Morgan fingerprint density at radius 1 is 1.08 bits per heavy atom. The largest absolute Gasteiger partial charge is 0.491 e. The van der Waals surface area contributed by atoms with E-state index in [9.17, 15) is 18.7 Å². The summed E-state index contributed by atoms with van der Waals surface area (Å²) in [6, 6.07) is 11.9. The zero-order valence-electron chi connectivity index (χ0n) is 13.6. The SMILES string of the molecule is O=C(c1cc(F)cc(F)c1)N1CCC(O)(COc2ccccc2)CC1. The normalized spacial score (nSPS) is 16.5. The molecule has 0 saturated carbocycles. The van der Waals surface area contributed by atoms with Gasteiger partial charge in [0, 0.05) is 24.7 Å². The van der Waals surface area contributed by atoms with Crippen LogP contribution in [-0.4, -0.2) is 41.2 Å². The highest BCUT2D eigenvalue weighted by molar-refractivity contribution is 5.94. The average Bonchev–Trinajstić information content (AvgIpc) is 2.60. The topological polar surface area (TPSA) is 49.8 Å². The second kappa shape index (κ2) is 7.19. The van der Waals surface area contributed by atoms with Crippen LogP contribution in [0.15, 0.2) is 48.5 Å². The number of hydrogen-bond donors (Lipinski definition) is 1. The summed E-state index contributed by atoms with van der Waals surface area (Å²) in [5.74, 6) is -1.34. The summed E-state index contributed by atoms with van der Waals surface area (Å²) in [7, 11) is 0. The number of para-hydroxylation sites is 1. The van der Waals surface area contributed by atoms with Gasteiger partial charge >= 0.3 is 0 Å². The van der Waals surface area contributed by atoms with Gasteiger partial charge in [0.05, 0.1) is 0 Å². The standard InChI is InChI=1S/C19H19F2NO3/c20-15-10-14(11-16(21)12-15)18(23)22-8-6-19(24,7-9-22)13-25-17-4-2-1-3-5-17/h1-5,10-12,24H,6-9,13H2. The zero-order valence-corrected chi connectivity index (χ0v) is 13.6. The molecule has 1 aliphatic heterocycles. The maximum atomic E-state index is 13.3. The van der Waals surface area contributed by atoms with Gasteiger partial charge in [-0.2, -0.15) is 0 Å². The van der Waals surface area contributed by atoms with Gasteiger partial charge in [0.15, 0.2) is 0 Å². The van der Waals surface area contributed by atoms with Crippen molar-refractivity contribution in [2.24, 2.45) is 0 Å². The van der Waals surface area contributed by atoms with Crippen LogP contribution >= 0.6 is 0 Å². The minimum atomic E-state index is -1.03. The van der Waals surface area contributed by atoms with E-state index in [1.165, 1.54) is 4.90 Å². The van der Waals surface area contributed by atoms with Gasteiger partial charge in [0.2, 0.25) is 0 Å². The van der Waals surface area contributed by atoms with Gasteiger partial charge in [-0.05, 0) is 37.1 Å². The fourth-order valence-electron chi connectivity index (χ4n) is 2.86. The molecule has 2 aromatic rings. The van der Waals surface area contributed by atoms with Crippen molar-refractivity contribution in [2.45, 2.75) is 18.4 Å². The van der Waals surface area contributed by atoms with Crippen LogP contribution in [-0.2, 0) is 0 Å². The predicted molar refractivity (Wildman–Crippen MR) is 88.4 cm³/mol. The van der Waals surface area contributed by atoms with Gasteiger partial charge in [-0.25, -0.2) is 8.78 Å². The highest BCUT2D eigenvalue weighted by atomic mass is 19.1. The van der Waals surface area contributed by atoms with Crippen LogP contribution in [0.4, 0.5) is 8.78 Å². The van der Waals surface area contributed by atoms with E-state index in [-0.39, 0.29) is 12.2 Å². The van der Waals surface area contributed by atoms with E-state index in [0.717, 1.165) is 18.2 Å². The first-order chi connectivity index (χ1) is 12.0. The van der Waals surface area contributed by atoms with Gasteiger partial charge in [0.1, 0.15) is 29.6 Å². The third-order valence-electron chi connectivity index (χ3n) is 4.34. The molecule has 1 amide bonds. The number of rotatable bonds is 4. The highest BCUT2D eigenvalue weighted by Gasteiger charge is 2.35. The Bertz CT molecular complexity index is 723. The summed E-state index contributed by atoms with van der Waals surface area (Å²) in [6.45, 7) is 0.727. The van der Waals surface area contributed by atoms with Crippen LogP contribution in [0.3, 0.4) is 0 Å². The molecular weight excluding hydrogens is 328 g/mol.